The molecule has 0 spiro atoms. The molecule has 2 heterocycles. The lowest BCUT2D eigenvalue weighted by Gasteiger charge is -2.14. The van der Waals surface area contributed by atoms with Crippen molar-refractivity contribution in [3.05, 3.63) is 88.6 Å². The van der Waals surface area contributed by atoms with Crippen molar-refractivity contribution in [2.24, 2.45) is 0 Å². The molecule has 3 aromatic rings. The minimum Gasteiger partial charge on any atom is -0.317 e. The van der Waals surface area contributed by atoms with Crippen molar-refractivity contribution in [1.29, 1.82) is 0 Å². The van der Waals surface area contributed by atoms with Crippen LogP contribution >= 0.6 is 24.0 Å². The van der Waals surface area contributed by atoms with Crippen LogP contribution in [0.1, 0.15) is 16.8 Å². The smallest absolute Gasteiger partial charge is 0.270 e. The van der Waals surface area contributed by atoms with Gasteiger partial charge in [-0.15, -0.1) is 0 Å². The van der Waals surface area contributed by atoms with Crippen LogP contribution in [0.5, 0.6) is 0 Å². The van der Waals surface area contributed by atoms with Crippen LogP contribution in [0.3, 0.4) is 0 Å². The average molecular weight is 391 g/mol. The first-order valence-electron chi connectivity index (χ1n) is 8.63. The Bertz CT molecular complexity index is 1070. The van der Waals surface area contributed by atoms with E-state index in [0.29, 0.717) is 9.23 Å². The van der Waals surface area contributed by atoms with Crippen molar-refractivity contribution >= 4 is 46.0 Å². The van der Waals surface area contributed by atoms with E-state index in [2.05, 4.69) is 36.6 Å². The third kappa shape index (κ3) is 3.24. The Balaban J connectivity index is 1.72. The lowest BCUT2D eigenvalue weighted by atomic mass is 10.1. The van der Waals surface area contributed by atoms with Gasteiger partial charge >= 0.3 is 0 Å². The van der Waals surface area contributed by atoms with Gasteiger partial charge in [0, 0.05) is 17.6 Å². The SMILES string of the molecule is Cc1cccc(-n2cccc2C=C2SC(=S)N(c3ccccc3)C2=O)c1C. The highest BCUT2D eigenvalue weighted by molar-refractivity contribution is 8.27. The number of rotatable bonds is 3. The molecule has 1 amide bonds. The van der Waals surface area contributed by atoms with Crippen LogP contribution in [0.15, 0.2) is 71.8 Å². The van der Waals surface area contributed by atoms with Gasteiger partial charge in [0.1, 0.15) is 0 Å². The van der Waals surface area contributed by atoms with Crippen LogP contribution in [0, 0.1) is 13.8 Å². The number of thioether (sulfide) groups is 1. The third-order valence-corrected chi connectivity index (χ3v) is 6.01. The molecule has 1 aliphatic rings. The maximum atomic E-state index is 13.0. The zero-order valence-corrected chi connectivity index (χ0v) is 16.7. The minimum absolute atomic E-state index is 0.0788. The Hall–Kier alpha value is -2.63. The van der Waals surface area contributed by atoms with E-state index in [4.69, 9.17) is 12.2 Å². The predicted octanol–water partition coefficient (Wildman–Crippen LogP) is 5.50. The van der Waals surface area contributed by atoms with Crippen LogP contribution in [-0.2, 0) is 4.79 Å². The van der Waals surface area contributed by atoms with Gasteiger partial charge in [-0.25, -0.2) is 0 Å². The van der Waals surface area contributed by atoms with Crippen molar-refractivity contribution < 1.29 is 4.79 Å². The van der Waals surface area contributed by atoms with Crippen molar-refractivity contribution in [1.82, 2.24) is 4.57 Å². The number of carbonyl (C=O) groups is 1. The Kier molecular flexibility index (Phi) is 4.72. The largest absolute Gasteiger partial charge is 0.317 e. The topological polar surface area (TPSA) is 25.2 Å². The van der Waals surface area contributed by atoms with Crippen molar-refractivity contribution in [3.63, 3.8) is 0 Å². The van der Waals surface area contributed by atoms with Gasteiger partial charge in [0.2, 0.25) is 0 Å². The molecule has 1 fully saturated rings. The number of nitrogens with zero attached hydrogens (tertiary/aromatic N) is 2. The van der Waals surface area contributed by atoms with Gasteiger partial charge in [-0.05, 0) is 61.4 Å². The second-order valence-corrected chi connectivity index (χ2v) is 8.05. The average Bonchev–Trinajstić information content (AvgIpc) is 3.23. The van der Waals surface area contributed by atoms with Crippen molar-refractivity contribution in [2.75, 3.05) is 4.90 Å². The Labute approximate surface area is 168 Å². The highest BCUT2D eigenvalue weighted by Gasteiger charge is 2.33. The lowest BCUT2D eigenvalue weighted by molar-refractivity contribution is -0.113. The molecule has 1 aliphatic heterocycles. The Morgan fingerprint density at radius 3 is 2.52 bits per heavy atom. The molecule has 5 heteroatoms. The molecular weight excluding hydrogens is 372 g/mol. The van der Waals surface area contributed by atoms with E-state index in [1.54, 1.807) is 4.90 Å². The molecule has 0 atom stereocenters. The van der Waals surface area contributed by atoms with Crippen molar-refractivity contribution in [3.8, 4) is 5.69 Å². The number of thiocarbonyl (C=S) groups is 1. The van der Waals surface area contributed by atoms with Gasteiger partial charge in [0.25, 0.3) is 5.91 Å². The fourth-order valence-corrected chi connectivity index (χ4v) is 4.41. The van der Waals surface area contributed by atoms with Crippen LogP contribution in [0.25, 0.3) is 11.8 Å². The number of carbonyl (C=O) groups excluding carboxylic acids is 1. The lowest BCUT2D eigenvalue weighted by Crippen LogP contribution is -2.27. The van der Waals surface area contributed by atoms with E-state index in [1.165, 1.54) is 22.9 Å². The van der Waals surface area contributed by atoms with Gasteiger partial charge < -0.3 is 4.57 Å². The van der Waals surface area contributed by atoms with Crippen molar-refractivity contribution in [2.45, 2.75) is 13.8 Å². The number of aromatic nitrogens is 1. The Morgan fingerprint density at radius 1 is 0.963 bits per heavy atom. The highest BCUT2D eigenvalue weighted by atomic mass is 32.2. The normalized spacial score (nSPS) is 15.8. The molecule has 1 saturated heterocycles. The summed E-state index contributed by atoms with van der Waals surface area (Å²) >= 11 is 6.80. The summed E-state index contributed by atoms with van der Waals surface area (Å²) in [5, 5.41) is 0. The number of amides is 1. The zero-order chi connectivity index (χ0) is 19.0. The summed E-state index contributed by atoms with van der Waals surface area (Å²) in [5.74, 6) is -0.0788. The quantitative estimate of drug-likeness (QED) is 0.436. The molecule has 1 aromatic heterocycles. The fourth-order valence-electron chi connectivity index (χ4n) is 3.13. The molecule has 27 heavy (non-hydrogen) atoms. The highest BCUT2D eigenvalue weighted by Crippen LogP contribution is 2.36. The number of benzene rings is 2. The number of hydrogen-bond acceptors (Lipinski definition) is 3. The second-order valence-electron chi connectivity index (χ2n) is 6.37. The van der Waals surface area contributed by atoms with Gasteiger partial charge in [-0.2, -0.15) is 0 Å². The van der Waals surface area contributed by atoms with Gasteiger partial charge in [0.15, 0.2) is 4.32 Å². The van der Waals surface area contributed by atoms with E-state index in [-0.39, 0.29) is 5.91 Å². The van der Waals surface area contributed by atoms with E-state index < -0.39 is 0 Å². The van der Waals surface area contributed by atoms with E-state index >= 15 is 0 Å². The molecule has 0 radical (unpaired) electrons. The summed E-state index contributed by atoms with van der Waals surface area (Å²) < 4.78 is 2.67. The maximum absolute atomic E-state index is 13.0. The zero-order valence-electron chi connectivity index (χ0n) is 15.0. The molecule has 0 unspecified atom stereocenters. The molecule has 2 aromatic carbocycles. The summed E-state index contributed by atoms with van der Waals surface area (Å²) in [4.78, 5) is 15.2. The molecule has 0 aliphatic carbocycles. The monoisotopic (exact) mass is 390 g/mol. The number of aryl methyl sites for hydroxylation is 1. The van der Waals surface area contributed by atoms with E-state index in [1.807, 2.05) is 54.7 Å². The Morgan fingerprint density at radius 2 is 1.74 bits per heavy atom. The number of para-hydroxylation sites is 1. The minimum atomic E-state index is -0.0788. The number of anilines is 1. The van der Waals surface area contributed by atoms with Crippen LogP contribution in [0.4, 0.5) is 5.69 Å². The summed E-state index contributed by atoms with van der Waals surface area (Å²) in [7, 11) is 0. The van der Waals surface area contributed by atoms with Gasteiger partial charge in [-0.3, -0.25) is 9.69 Å². The molecule has 0 N–H and O–H groups in total. The van der Waals surface area contributed by atoms with Gasteiger partial charge in [0.05, 0.1) is 10.6 Å². The first kappa shape index (κ1) is 17.8. The molecule has 3 nitrogen and oxygen atoms in total. The molecule has 134 valence electrons. The summed E-state index contributed by atoms with van der Waals surface area (Å²) in [6, 6.07) is 19.8. The summed E-state index contributed by atoms with van der Waals surface area (Å²) in [5.41, 5.74) is 5.33. The molecule has 4 rings (SSSR count). The second kappa shape index (κ2) is 7.18. The third-order valence-electron chi connectivity index (χ3n) is 4.70. The molecule has 0 saturated carbocycles. The van der Waals surface area contributed by atoms with Gasteiger partial charge in [-0.1, -0.05) is 54.3 Å². The summed E-state index contributed by atoms with van der Waals surface area (Å²) in [6.45, 7) is 4.22. The predicted molar refractivity (Wildman–Crippen MR) is 117 cm³/mol. The molecular formula is C22H18N2OS2. The van der Waals surface area contributed by atoms with E-state index in [9.17, 15) is 4.79 Å². The maximum Gasteiger partial charge on any atom is 0.270 e. The molecule has 0 bridgehead atoms. The van der Waals surface area contributed by atoms with Crippen LogP contribution in [0.2, 0.25) is 0 Å². The van der Waals surface area contributed by atoms with Crippen LogP contribution in [-0.4, -0.2) is 14.8 Å². The first-order valence-corrected chi connectivity index (χ1v) is 9.85. The first-order chi connectivity index (χ1) is 13.1. The number of hydrogen-bond donors (Lipinski definition) is 0. The van der Waals surface area contributed by atoms with Crippen LogP contribution < -0.4 is 4.90 Å². The van der Waals surface area contributed by atoms with E-state index in [0.717, 1.165) is 17.1 Å². The standard InChI is InChI=1S/C22H18N2OS2/c1-15-8-6-12-19(16(15)2)23-13-7-11-18(23)14-20-21(25)24(22(26)27-20)17-9-4-3-5-10-17/h3-14H,1-2H3. The summed E-state index contributed by atoms with van der Waals surface area (Å²) in [6.07, 6.45) is 3.94. The fraction of sp³-hybridized carbons (Fsp3) is 0.0909.